The van der Waals surface area contributed by atoms with Crippen LogP contribution in [0.1, 0.15) is 26.3 Å². The van der Waals surface area contributed by atoms with E-state index in [1.807, 2.05) is 0 Å². The van der Waals surface area contributed by atoms with Gasteiger partial charge in [-0.3, -0.25) is 14.6 Å². The lowest BCUT2D eigenvalue weighted by molar-refractivity contribution is 0.101. The van der Waals surface area contributed by atoms with E-state index in [0.717, 1.165) is 38.1 Å². The van der Waals surface area contributed by atoms with E-state index in [9.17, 15) is 14.0 Å². The van der Waals surface area contributed by atoms with E-state index >= 15 is 4.39 Å². The second-order valence-corrected chi connectivity index (χ2v) is 8.13. The average Bonchev–Trinajstić information content (AvgIpc) is 2.89. The number of hydrogen-bond acceptors (Lipinski definition) is 6. The standard InChI is InChI=1S/C26H21F2N5O2/c27-18-4-1-3-17(13-18)26(35)32-21-6-2-5-19(24(21)28)25(34)16-7-8-20-22(14-16)31-23(15-30-20)33-11-9-29-10-12-33/h1-8,13-15,29H,9-12H2,(H,32,35). The molecule has 4 aromatic rings. The van der Waals surface area contributed by atoms with Crippen LogP contribution in [0.15, 0.2) is 66.9 Å². The van der Waals surface area contributed by atoms with Gasteiger partial charge < -0.3 is 15.5 Å². The first kappa shape index (κ1) is 22.5. The molecule has 0 aliphatic carbocycles. The monoisotopic (exact) mass is 473 g/mol. The van der Waals surface area contributed by atoms with Crippen LogP contribution in [-0.4, -0.2) is 47.8 Å². The van der Waals surface area contributed by atoms with E-state index in [-0.39, 0.29) is 22.4 Å². The summed E-state index contributed by atoms with van der Waals surface area (Å²) in [6.45, 7) is 3.31. The first-order chi connectivity index (χ1) is 17.0. The van der Waals surface area contributed by atoms with Gasteiger partial charge in [0.1, 0.15) is 11.6 Å². The number of nitrogens with zero attached hydrogens (tertiary/aromatic N) is 3. The molecule has 5 rings (SSSR count). The molecule has 0 saturated carbocycles. The molecular formula is C26H21F2N5O2. The molecule has 2 heterocycles. The number of carbonyl (C=O) groups is 2. The molecule has 9 heteroatoms. The van der Waals surface area contributed by atoms with Gasteiger partial charge in [-0.2, -0.15) is 0 Å². The Morgan fingerprint density at radius 2 is 1.71 bits per heavy atom. The summed E-state index contributed by atoms with van der Waals surface area (Å²) in [6.07, 6.45) is 1.71. The number of nitrogens with one attached hydrogen (secondary N) is 2. The molecule has 1 aliphatic rings. The Hall–Kier alpha value is -4.24. The Morgan fingerprint density at radius 3 is 2.51 bits per heavy atom. The van der Waals surface area contributed by atoms with Gasteiger partial charge in [-0.15, -0.1) is 0 Å². The van der Waals surface area contributed by atoms with E-state index in [4.69, 9.17) is 0 Å². The minimum atomic E-state index is -0.872. The summed E-state index contributed by atoms with van der Waals surface area (Å²) in [5.74, 6) is -1.98. The van der Waals surface area contributed by atoms with E-state index < -0.39 is 23.3 Å². The molecule has 0 bridgehead atoms. The normalized spacial score (nSPS) is 13.6. The summed E-state index contributed by atoms with van der Waals surface area (Å²) in [6, 6.07) is 14.1. The number of hydrogen-bond donors (Lipinski definition) is 2. The highest BCUT2D eigenvalue weighted by molar-refractivity contribution is 6.11. The van der Waals surface area contributed by atoms with Gasteiger partial charge in [0.25, 0.3) is 5.91 Å². The number of carbonyl (C=O) groups excluding carboxylic acids is 2. The zero-order valence-corrected chi connectivity index (χ0v) is 18.6. The Morgan fingerprint density at radius 1 is 0.914 bits per heavy atom. The predicted molar refractivity (Wildman–Crippen MR) is 129 cm³/mol. The summed E-state index contributed by atoms with van der Waals surface area (Å²) in [5.41, 5.74) is 1.06. The number of amides is 1. The maximum Gasteiger partial charge on any atom is 0.255 e. The van der Waals surface area contributed by atoms with Crippen LogP contribution >= 0.6 is 0 Å². The van der Waals surface area contributed by atoms with Crippen LogP contribution in [0, 0.1) is 11.6 Å². The van der Waals surface area contributed by atoms with Gasteiger partial charge in [0.2, 0.25) is 0 Å². The minimum absolute atomic E-state index is 0.0366. The molecule has 3 aromatic carbocycles. The minimum Gasteiger partial charge on any atom is -0.353 e. The van der Waals surface area contributed by atoms with Crippen molar-refractivity contribution >= 4 is 34.2 Å². The number of anilines is 2. The van der Waals surface area contributed by atoms with Gasteiger partial charge in [0.15, 0.2) is 11.6 Å². The zero-order valence-electron chi connectivity index (χ0n) is 18.6. The van der Waals surface area contributed by atoms with Gasteiger partial charge in [0.05, 0.1) is 28.5 Å². The highest BCUT2D eigenvalue weighted by Crippen LogP contribution is 2.24. The summed E-state index contributed by atoms with van der Waals surface area (Å²) in [5, 5.41) is 5.69. The first-order valence-corrected chi connectivity index (χ1v) is 11.1. The largest absolute Gasteiger partial charge is 0.353 e. The van der Waals surface area contributed by atoms with Crippen molar-refractivity contribution in [1.29, 1.82) is 0 Å². The Kier molecular flexibility index (Phi) is 6.15. The van der Waals surface area contributed by atoms with Crippen LogP contribution in [-0.2, 0) is 0 Å². The number of benzene rings is 3. The van der Waals surface area contributed by atoms with Gasteiger partial charge in [0, 0.05) is 37.3 Å². The van der Waals surface area contributed by atoms with Gasteiger partial charge in [-0.25, -0.2) is 13.8 Å². The Balaban J connectivity index is 1.42. The lowest BCUT2D eigenvalue weighted by atomic mass is 10.0. The van der Waals surface area contributed by atoms with Crippen molar-refractivity contribution in [3.8, 4) is 0 Å². The number of rotatable bonds is 5. The molecule has 1 fully saturated rings. The van der Waals surface area contributed by atoms with E-state index in [0.29, 0.717) is 11.0 Å². The van der Waals surface area contributed by atoms with E-state index in [1.165, 1.54) is 36.4 Å². The molecule has 1 amide bonds. The highest BCUT2D eigenvalue weighted by Gasteiger charge is 2.20. The topological polar surface area (TPSA) is 87.2 Å². The molecule has 0 atom stereocenters. The molecule has 1 aromatic heterocycles. The Labute approximate surface area is 199 Å². The second kappa shape index (κ2) is 9.55. The van der Waals surface area contributed by atoms with Crippen LogP contribution in [0.25, 0.3) is 11.0 Å². The molecule has 0 unspecified atom stereocenters. The van der Waals surface area contributed by atoms with E-state index in [1.54, 1.807) is 24.4 Å². The predicted octanol–water partition coefficient (Wildman–Crippen LogP) is 3.80. The molecule has 1 aliphatic heterocycles. The molecule has 176 valence electrons. The van der Waals surface area contributed by atoms with Crippen molar-refractivity contribution in [1.82, 2.24) is 15.3 Å². The van der Waals surface area contributed by atoms with Crippen LogP contribution < -0.4 is 15.5 Å². The molecular weight excluding hydrogens is 452 g/mol. The lowest BCUT2D eigenvalue weighted by Crippen LogP contribution is -2.43. The van der Waals surface area contributed by atoms with Crippen molar-refractivity contribution in [3.63, 3.8) is 0 Å². The van der Waals surface area contributed by atoms with Crippen molar-refractivity contribution in [2.45, 2.75) is 0 Å². The number of halogens is 2. The smallest absolute Gasteiger partial charge is 0.255 e. The van der Waals surface area contributed by atoms with Crippen LogP contribution in [0.2, 0.25) is 0 Å². The molecule has 0 spiro atoms. The van der Waals surface area contributed by atoms with Crippen molar-refractivity contribution in [3.05, 3.63) is 95.2 Å². The van der Waals surface area contributed by atoms with E-state index in [2.05, 4.69) is 25.5 Å². The number of ketones is 1. The zero-order chi connectivity index (χ0) is 24.4. The van der Waals surface area contributed by atoms with Gasteiger partial charge in [-0.05, 0) is 48.5 Å². The summed E-state index contributed by atoms with van der Waals surface area (Å²) < 4.78 is 28.7. The summed E-state index contributed by atoms with van der Waals surface area (Å²) >= 11 is 0. The third kappa shape index (κ3) is 4.71. The van der Waals surface area contributed by atoms with Crippen LogP contribution in [0.3, 0.4) is 0 Å². The SMILES string of the molecule is O=C(Nc1cccc(C(=O)c2ccc3ncc(N4CCNCC4)nc3c2)c1F)c1cccc(F)c1. The first-order valence-electron chi connectivity index (χ1n) is 11.1. The third-order valence-corrected chi connectivity index (χ3v) is 5.81. The van der Waals surface area contributed by atoms with Crippen LogP contribution in [0.4, 0.5) is 20.3 Å². The fraction of sp³-hybridized carbons (Fsp3) is 0.154. The number of fused-ring (bicyclic) bond motifs is 1. The maximum atomic E-state index is 15.2. The van der Waals surface area contributed by atoms with Crippen LogP contribution in [0.5, 0.6) is 0 Å². The fourth-order valence-corrected chi connectivity index (χ4v) is 3.97. The second-order valence-electron chi connectivity index (χ2n) is 8.13. The highest BCUT2D eigenvalue weighted by atomic mass is 19.1. The lowest BCUT2D eigenvalue weighted by Gasteiger charge is -2.28. The molecule has 2 N–H and O–H groups in total. The van der Waals surface area contributed by atoms with Crippen molar-refractivity contribution in [2.24, 2.45) is 0 Å². The van der Waals surface area contributed by atoms with Crippen molar-refractivity contribution < 1.29 is 18.4 Å². The third-order valence-electron chi connectivity index (χ3n) is 5.81. The Bertz CT molecular complexity index is 1440. The summed E-state index contributed by atoms with van der Waals surface area (Å²) in [7, 11) is 0. The maximum absolute atomic E-state index is 15.2. The number of aromatic nitrogens is 2. The molecule has 7 nitrogen and oxygen atoms in total. The average molecular weight is 473 g/mol. The van der Waals surface area contributed by atoms with Crippen molar-refractivity contribution in [2.75, 3.05) is 36.4 Å². The summed E-state index contributed by atoms with van der Waals surface area (Å²) in [4.78, 5) is 36.8. The molecule has 0 radical (unpaired) electrons. The number of piperazine rings is 1. The van der Waals surface area contributed by atoms with Gasteiger partial charge in [-0.1, -0.05) is 12.1 Å². The molecule has 35 heavy (non-hydrogen) atoms. The van der Waals surface area contributed by atoms with Gasteiger partial charge >= 0.3 is 0 Å². The molecule has 1 saturated heterocycles. The quantitative estimate of drug-likeness (QED) is 0.429. The fourth-order valence-electron chi connectivity index (χ4n) is 3.97.